The second-order valence-electron chi connectivity index (χ2n) is 3.53. The summed E-state index contributed by atoms with van der Waals surface area (Å²) < 4.78 is 10.5. The Morgan fingerprint density at radius 2 is 2.18 bits per heavy atom. The van der Waals surface area contributed by atoms with Crippen molar-refractivity contribution in [3.8, 4) is 18.1 Å². The van der Waals surface area contributed by atoms with E-state index in [0.29, 0.717) is 17.9 Å². The van der Waals surface area contributed by atoms with Crippen LogP contribution in [-0.2, 0) is 6.61 Å². The summed E-state index contributed by atoms with van der Waals surface area (Å²) in [6.07, 6.45) is 7.44. The third kappa shape index (κ3) is 2.68. The highest BCUT2D eigenvalue weighted by Crippen LogP contribution is 2.25. The van der Waals surface area contributed by atoms with E-state index < -0.39 is 6.10 Å². The monoisotopic (exact) mass is 228 g/mol. The fourth-order valence-corrected chi connectivity index (χ4v) is 1.46. The van der Waals surface area contributed by atoms with Crippen LogP contribution >= 0.6 is 0 Å². The zero-order valence-electron chi connectivity index (χ0n) is 9.17. The average Bonchev–Trinajstić information content (AvgIpc) is 2.89. The minimum Gasteiger partial charge on any atom is -0.488 e. The molecule has 0 fully saturated rings. The maximum atomic E-state index is 9.63. The summed E-state index contributed by atoms with van der Waals surface area (Å²) in [7, 11) is 0. The Hall–Kier alpha value is -2.18. The number of terminal acetylenes is 1. The molecule has 0 saturated heterocycles. The van der Waals surface area contributed by atoms with E-state index in [9.17, 15) is 5.11 Å². The van der Waals surface area contributed by atoms with E-state index >= 15 is 0 Å². The molecule has 1 unspecified atom stereocenters. The largest absolute Gasteiger partial charge is 0.488 e. The first kappa shape index (κ1) is 11.3. The second-order valence-corrected chi connectivity index (χ2v) is 3.53. The molecule has 0 aliphatic heterocycles. The van der Waals surface area contributed by atoms with E-state index in [4.69, 9.17) is 15.6 Å². The summed E-state index contributed by atoms with van der Waals surface area (Å²) in [5.41, 5.74) is 1.52. The number of aliphatic hydroxyl groups excluding tert-OH is 1. The van der Waals surface area contributed by atoms with Gasteiger partial charge >= 0.3 is 0 Å². The number of hydrogen-bond donors (Lipinski definition) is 1. The molecule has 0 radical (unpaired) electrons. The molecule has 3 heteroatoms. The van der Waals surface area contributed by atoms with E-state index in [0.717, 1.165) is 5.56 Å². The Labute approximate surface area is 99.6 Å². The van der Waals surface area contributed by atoms with Crippen LogP contribution in [0.3, 0.4) is 0 Å². The zero-order valence-corrected chi connectivity index (χ0v) is 9.17. The van der Waals surface area contributed by atoms with Crippen LogP contribution in [0.25, 0.3) is 0 Å². The lowest BCUT2D eigenvalue weighted by molar-refractivity contribution is 0.225. The molecule has 86 valence electrons. The third-order valence-electron chi connectivity index (χ3n) is 2.35. The van der Waals surface area contributed by atoms with Gasteiger partial charge in [-0.2, -0.15) is 0 Å². The van der Waals surface area contributed by atoms with Crippen LogP contribution in [0, 0.1) is 12.3 Å². The van der Waals surface area contributed by atoms with E-state index in [2.05, 4.69) is 5.92 Å². The van der Waals surface area contributed by atoms with Crippen LogP contribution in [0.5, 0.6) is 5.75 Å². The molecule has 1 atom stereocenters. The van der Waals surface area contributed by atoms with Crippen LogP contribution in [0.2, 0.25) is 0 Å². The van der Waals surface area contributed by atoms with Crippen molar-refractivity contribution >= 4 is 0 Å². The highest BCUT2D eigenvalue weighted by molar-refractivity contribution is 5.38. The van der Waals surface area contributed by atoms with Crippen LogP contribution in [-0.4, -0.2) is 5.11 Å². The van der Waals surface area contributed by atoms with Gasteiger partial charge in [0.15, 0.2) is 0 Å². The van der Waals surface area contributed by atoms with Crippen molar-refractivity contribution in [2.24, 2.45) is 0 Å². The Balaban J connectivity index is 2.13. The minimum absolute atomic E-state index is 0.380. The first-order valence-electron chi connectivity index (χ1n) is 5.18. The van der Waals surface area contributed by atoms with Gasteiger partial charge in [0.2, 0.25) is 0 Å². The Morgan fingerprint density at radius 1 is 1.35 bits per heavy atom. The third-order valence-corrected chi connectivity index (χ3v) is 2.35. The Bertz CT molecular complexity index is 509. The average molecular weight is 228 g/mol. The maximum Gasteiger partial charge on any atom is 0.143 e. The number of furan rings is 1. The van der Waals surface area contributed by atoms with Gasteiger partial charge < -0.3 is 14.3 Å². The van der Waals surface area contributed by atoms with Crippen LogP contribution in [0.4, 0.5) is 0 Å². The van der Waals surface area contributed by atoms with Gasteiger partial charge in [-0.1, -0.05) is 24.1 Å². The van der Waals surface area contributed by atoms with Crippen LogP contribution < -0.4 is 4.74 Å². The van der Waals surface area contributed by atoms with Gasteiger partial charge in [-0.25, -0.2) is 0 Å². The quantitative estimate of drug-likeness (QED) is 0.818. The Morgan fingerprint density at radius 3 is 2.88 bits per heavy atom. The van der Waals surface area contributed by atoms with Gasteiger partial charge in [-0.05, 0) is 12.1 Å². The lowest BCUT2D eigenvalue weighted by Crippen LogP contribution is -2.00. The van der Waals surface area contributed by atoms with Gasteiger partial charge in [0, 0.05) is 11.1 Å². The predicted molar refractivity (Wildman–Crippen MR) is 63.3 cm³/mol. The van der Waals surface area contributed by atoms with E-state index in [1.807, 2.05) is 12.1 Å². The number of para-hydroxylation sites is 1. The molecule has 1 N–H and O–H groups in total. The van der Waals surface area contributed by atoms with Crippen molar-refractivity contribution in [3.63, 3.8) is 0 Å². The SMILES string of the molecule is C#CC(O)c1ccccc1OCc1ccoc1. The van der Waals surface area contributed by atoms with Crippen LogP contribution in [0.15, 0.2) is 47.3 Å². The van der Waals surface area contributed by atoms with Crippen molar-refractivity contribution in [3.05, 3.63) is 54.0 Å². The molecule has 17 heavy (non-hydrogen) atoms. The lowest BCUT2D eigenvalue weighted by Gasteiger charge is -2.11. The predicted octanol–water partition coefficient (Wildman–Crippen LogP) is 2.53. The summed E-state index contributed by atoms with van der Waals surface area (Å²) >= 11 is 0. The van der Waals surface area contributed by atoms with Crippen molar-refractivity contribution in [1.29, 1.82) is 0 Å². The summed E-state index contributed by atoms with van der Waals surface area (Å²) in [4.78, 5) is 0. The second kappa shape index (κ2) is 5.24. The normalized spacial score (nSPS) is 11.8. The molecule has 2 aromatic rings. The first-order chi connectivity index (χ1) is 8.31. The number of hydrogen-bond acceptors (Lipinski definition) is 3. The molecule has 0 aliphatic carbocycles. The van der Waals surface area contributed by atoms with E-state index in [1.54, 1.807) is 30.7 Å². The fraction of sp³-hybridized carbons (Fsp3) is 0.143. The molecule has 0 aliphatic rings. The van der Waals surface area contributed by atoms with Gasteiger partial charge in [0.1, 0.15) is 18.5 Å². The fourth-order valence-electron chi connectivity index (χ4n) is 1.46. The minimum atomic E-state index is -0.949. The van der Waals surface area contributed by atoms with Crippen molar-refractivity contribution in [2.75, 3.05) is 0 Å². The highest BCUT2D eigenvalue weighted by Gasteiger charge is 2.10. The van der Waals surface area contributed by atoms with Crippen molar-refractivity contribution in [2.45, 2.75) is 12.7 Å². The summed E-state index contributed by atoms with van der Waals surface area (Å²) in [6.45, 7) is 0.380. The van der Waals surface area contributed by atoms with Gasteiger partial charge in [-0.3, -0.25) is 0 Å². The highest BCUT2D eigenvalue weighted by atomic mass is 16.5. The molecule has 1 aromatic heterocycles. The van der Waals surface area contributed by atoms with E-state index in [-0.39, 0.29) is 0 Å². The summed E-state index contributed by atoms with van der Waals surface area (Å²) in [5.74, 6) is 2.85. The molecule has 0 amide bonds. The maximum absolute atomic E-state index is 9.63. The molecule has 0 saturated carbocycles. The molecular formula is C14H12O3. The smallest absolute Gasteiger partial charge is 0.143 e. The number of ether oxygens (including phenoxy) is 1. The zero-order chi connectivity index (χ0) is 12.1. The molecule has 0 spiro atoms. The standard InChI is InChI=1S/C14H12O3/c1-2-13(15)12-5-3-4-6-14(12)17-10-11-7-8-16-9-11/h1,3-9,13,15H,10H2. The van der Waals surface area contributed by atoms with Crippen molar-refractivity contribution < 1.29 is 14.3 Å². The number of aliphatic hydroxyl groups is 1. The van der Waals surface area contributed by atoms with E-state index in [1.165, 1.54) is 0 Å². The topological polar surface area (TPSA) is 42.6 Å². The van der Waals surface area contributed by atoms with Gasteiger partial charge in [0.25, 0.3) is 0 Å². The number of benzene rings is 1. The summed E-state index contributed by atoms with van der Waals surface area (Å²) in [5, 5.41) is 9.63. The molecule has 3 nitrogen and oxygen atoms in total. The molecule has 2 rings (SSSR count). The van der Waals surface area contributed by atoms with Crippen LogP contribution in [0.1, 0.15) is 17.2 Å². The van der Waals surface area contributed by atoms with Gasteiger partial charge in [-0.15, -0.1) is 6.42 Å². The van der Waals surface area contributed by atoms with Gasteiger partial charge in [0.05, 0.1) is 12.5 Å². The molecule has 1 aromatic carbocycles. The lowest BCUT2D eigenvalue weighted by atomic mass is 10.1. The molecule has 0 bridgehead atoms. The molecule has 1 heterocycles. The number of rotatable bonds is 4. The van der Waals surface area contributed by atoms with Crippen molar-refractivity contribution in [1.82, 2.24) is 0 Å². The summed E-state index contributed by atoms with van der Waals surface area (Å²) in [6, 6.07) is 8.98. The Kier molecular flexibility index (Phi) is 3.49. The molecular weight excluding hydrogens is 216 g/mol. The first-order valence-corrected chi connectivity index (χ1v) is 5.18.